The second kappa shape index (κ2) is 6.35. The largest absolute Gasteiger partial charge is 0.469 e. The normalized spacial score (nSPS) is 43.3. The van der Waals surface area contributed by atoms with E-state index in [0.717, 1.165) is 43.4 Å². The van der Waals surface area contributed by atoms with Crippen LogP contribution in [0.1, 0.15) is 71.6 Å². The number of fused-ring (bicyclic) bond motifs is 5. The van der Waals surface area contributed by atoms with Crippen LogP contribution in [0.3, 0.4) is 0 Å². The topological polar surface area (TPSA) is 43.4 Å². The van der Waals surface area contributed by atoms with Gasteiger partial charge in [-0.1, -0.05) is 31.1 Å². The number of esters is 1. The number of methoxy groups -OCH3 is 1. The van der Waals surface area contributed by atoms with E-state index in [-0.39, 0.29) is 16.8 Å². The Morgan fingerprint density at radius 2 is 1.88 bits per heavy atom. The van der Waals surface area contributed by atoms with Crippen molar-refractivity contribution in [3.8, 4) is 0 Å². The number of carbonyl (C=O) groups excluding carboxylic acids is 2. The first-order valence-corrected chi connectivity index (χ1v) is 10.4. The van der Waals surface area contributed by atoms with E-state index in [1.807, 2.05) is 6.08 Å². The molecule has 3 heteroatoms. The van der Waals surface area contributed by atoms with Crippen molar-refractivity contribution in [3.63, 3.8) is 0 Å². The number of hydrogen-bond donors (Lipinski definition) is 0. The quantitative estimate of drug-likeness (QED) is 0.516. The Morgan fingerprint density at radius 3 is 2.65 bits per heavy atom. The van der Waals surface area contributed by atoms with E-state index in [1.54, 1.807) is 0 Å². The summed E-state index contributed by atoms with van der Waals surface area (Å²) in [5, 5.41) is 0. The van der Waals surface area contributed by atoms with Crippen molar-refractivity contribution < 1.29 is 14.3 Å². The molecule has 0 spiro atoms. The van der Waals surface area contributed by atoms with Crippen LogP contribution < -0.4 is 0 Å². The SMILES string of the molecule is COC(=O)C/C=C1\CC[C@H]2[C@@H]3CCC4=CC(=O)CC[C@]4(C)[C@H]3CC[C@]12C. The summed E-state index contributed by atoms with van der Waals surface area (Å²) >= 11 is 0. The van der Waals surface area contributed by atoms with Gasteiger partial charge in [-0.2, -0.15) is 0 Å². The number of allylic oxidation sites excluding steroid dienone is 2. The molecule has 0 bridgehead atoms. The van der Waals surface area contributed by atoms with Crippen molar-refractivity contribution in [2.45, 2.75) is 71.6 Å². The van der Waals surface area contributed by atoms with E-state index in [9.17, 15) is 9.59 Å². The molecule has 4 aliphatic carbocycles. The van der Waals surface area contributed by atoms with E-state index < -0.39 is 0 Å². The summed E-state index contributed by atoms with van der Waals surface area (Å²) in [5.41, 5.74) is 3.45. The van der Waals surface area contributed by atoms with Crippen LogP contribution in [0.4, 0.5) is 0 Å². The summed E-state index contributed by atoms with van der Waals surface area (Å²) in [7, 11) is 1.47. The number of ether oxygens (including phenoxy) is 1. The fourth-order valence-corrected chi connectivity index (χ4v) is 7.03. The molecule has 0 unspecified atom stereocenters. The van der Waals surface area contributed by atoms with Crippen LogP contribution in [0, 0.1) is 28.6 Å². The predicted octanol–water partition coefficient (Wildman–Crippen LogP) is 5.01. The first-order chi connectivity index (χ1) is 12.4. The standard InChI is InChI=1S/C23H32O3/c1-22-13-11-20-18(7-4-16-14-17(24)10-12-23(16,20)2)19(22)8-5-15(22)6-9-21(25)26-3/h6,14,18-20H,4-5,7-13H2,1-3H3/b15-6+/t18-,19-,20-,22+,23-/m0/s1. The molecular weight excluding hydrogens is 324 g/mol. The van der Waals surface area contributed by atoms with Gasteiger partial charge in [0.1, 0.15) is 0 Å². The molecule has 4 rings (SSSR count). The summed E-state index contributed by atoms with van der Waals surface area (Å²) in [6.45, 7) is 4.88. The van der Waals surface area contributed by atoms with Crippen LogP contribution in [0.15, 0.2) is 23.3 Å². The van der Waals surface area contributed by atoms with Gasteiger partial charge >= 0.3 is 5.97 Å². The van der Waals surface area contributed by atoms with Crippen LogP contribution in [0.25, 0.3) is 0 Å². The van der Waals surface area contributed by atoms with Gasteiger partial charge in [0.15, 0.2) is 5.78 Å². The molecule has 0 saturated heterocycles. The predicted molar refractivity (Wildman–Crippen MR) is 101 cm³/mol. The molecule has 142 valence electrons. The van der Waals surface area contributed by atoms with E-state index in [4.69, 9.17) is 4.74 Å². The molecule has 4 aliphatic rings. The van der Waals surface area contributed by atoms with Gasteiger partial charge in [-0.25, -0.2) is 0 Å². The summed E-state index contributed by atoms with van der Waals surface area (Å²) < 4.78 is 4.83. The number of hydrogen-bond acceptors (Lipinski definition) is 3. The van der Waals surface area contributed by atoms with Gasteiger partial charge in [0, 0.05) is 6.42 Å². The van der Waals surface area contributed by atoms with Gasteiger partial charge < -0.3 is 4.74 Å². The number of rotatable bonds is 2. The average Bonchev–Trinajstić information content (AvgIpc) is 2.96. The van der Waals surface area contributed by atoms with E-state index in [1.165, 1.54) is 43.9 Å². The molecule has 0 amide bonds. The van der Waals surface area contributed by atoms with Crippen LogP contribution in [0.2, 0.25) is 0 Å². The molecule has 0 heterocycles. The van der Waals surface area contributed by atoms with E-state index in [0.29, 0.717) is 12.2 Å². The minimum Gasteiger partial charge on any atom is -0.469 e. The first kappa shape index (κ1) is 18.0. The molecular formula is C23H32O3. The van der Waals surface area contributed by atoms with Gasteiger partial charge in [-0.05, 0) is 79.6 Å². The molecule has 0 N–H and O–H groups in total. The highest BCUT2D eigenvalue weighted by Gasteiger charge is 2.57. The minimum absolute atomic E-state index is 0.134. The lowest BCUT2D eigenvalue weighted by Crippen LogP contribution is -2.49. The van der Waals surface area contributed by atoms with Crippen LogP contribution in [-0.4, -0.2) is 18.9 Å². The smallest absolute Gasteiger partial charge is 0.309 e. The Balaban J connectivity index is 1.59. The van der Waals surface area contributed by atoms with Crippen molar-refractivity contribution in [2.75, 3.05) is 7.11 Å². The van der Waals surface area contributed by atoms with Crippen molar-refractivity contribution in [1.82, 2.24) is 0 Å². The Labute approximate surface area is 157 Å². The molecule has 3 fully saturated rings. The fourth-order valence-electron chi connectivity index (χ4n) is 7.03. The molecule has 0 aromatic heterocycles. The Kier molecular flexibility index (Phi) is 4.40. The van der Waals surface area contributed by atoms with Crippen LogP contribution in [0.5, 0.6) is 0 Å². The van der Waals surface area contributed by atoms with Gasteiger partial charge in [-0.15, -0.1) is 0 Å². The summed E-state index contributed by atoms with van der Waals surface area (Å²) in [6, 6.07) is 0. The third-order valence-corrected chi connectivity index (χ3v) is 8.55. The molecule has 0 radical (unpaired) electrons. The van der Waals surface area contributed by atoms with E-state index >= 15 is 0 Å². The molecule has 0 aromatic rings. The number of carbonyl (C=O) groups is 2. The van der Waals surface area contributed by atoms with Gasteiger partial charge in [0.25, 0.3) is 0 Å². The maximum absolute atomic E-state index is 11.9. The van der Waals surface area contributed by atoms with Gasteiger partial charge in [0.2, 0.25) is 0 Å². The van der Waals surface area contributed by atoms with Crippen molar-refractivity contribution in [3.05, 3.63) is 23.3 Å². The second-order valence-electron chi connectivity index (χ2n) is 9.47. The average molecular weight is 357 g/mol. The second-order valence-corrected chi connectivity index (χ2v) is 9.47. The van der Waals surface area contributed by atoms with Crippen molar-refractivity contribution >= 4 is 11.8 Å². The molecule has 26 heavy (non-hydrogen) atoms. The third-order valence-electron chi connectivity index (χ3n) is 8.55. The molecule has 3 saturated carbocycles. The zero-order valence-electron chi connectivity index (χ0n) is 16.5. The zero-order chi connectivity index (χ0) is 18.5. The van der Waals surface area contributed by atoms with E-state index in [2.05, 4.69) is 19.9 Å². The third kappa shape index (κ3) is 2.61. The summed E-state index contributed by atoms with van der Waals surface area (Å²) in [6.07, 6.45) is 13.6. The Morgan fingerprint density at radius 1 is 1.12 bits per heavy atom. The molecule has 5 atom stereocenters. The highest BCUT2D eigenvalue weighted by Crippen LogP contribution is 2.66. The minimum atomic E-state index is -0.134. The van der Waals surface area contributed by atoms with Crippen molar-refractivity contribution in [2.24, 2.45) is 28.6 Å². The highest BCUT2D eigenvalue weighted by atomic mass is 16.5. The monoisotopic (exact) mass is 356 g/mol. The maximum Gasteiger partial charge on any atom is 0.309 e. The maximum atomic E-state index is 11.9. The van der Waals surface area contributed by atoms with Crippen LogP contribution >= 0.6 is 0 Å². The lowest BCUT2D eigenvalue weighted by Gasteiger charge is -2.57. The lowest BCUT2D eigenvalue weighted by molar-refractivity contribution is -0.139. The molecule has 0 aliphatic heterocycles. The first-order valence-electron chi connectivity index (χ1n) is 10.4. The fraction of sp³-hybridized carbons (Fsp3) is 0.739. The highest BCUT2D eigenvalue weighted by molar-refractivity contribution is 5.91. The molecule has 3 nitrogen and oxygen atoms in total. The summed E-state index contributed by atoms with van der Waals surface area (Å²) in [4.78, 5) is 23.5. The van der Waals surface area contributed by atoms with Crippen LogP contribution in [-0.2, 0) is 14.3 Å². The van der Waals surface area contributed by atoms with Gasteiger partial charge in [-0.3, -0.25) is 9.59 Å². The molecule has 0 aromatic carbocycles. The Hall–Kier alpha value is -1.38. The lowest BCUT2D eigenvalue weighted by atomic mass is 9.47. The van der Waals surface area contributed by atoms with Crippen molar-refractivity contribution in [1.29, 1.82) is 0 Å². The number of ketones is 1. The zero-order valence-corrected chi connectivity index (χ0v) is 16.5. The Bertz CT molecular complexity index is 688. The van der Waals surface area contributed by atoms with Gasteiger partial charge in [0.05, 0.1) is 13.5 Å². The summed E-state index contributed by atoms with van der Waals surface area (Å²) in [5.74, 6) is 2.44.